The summed E-state index contributed by atoms with van der Waals surface area (Å²) in [6.45, 7) is 5.94. The van der Waals surface area contributed by atoms with E-state index < -0.39 is 5.91 Å². The van der Waals surface area contributed by atoms with Crippen LogP contribution in [0.1, 0.15) is 22.8 Å². The predicted molar refractivity (Wildman–Crippen MR) is 78.9 cm³/mol. The third kappa shape index (κ3) is 3.32. The van der Waals surface area contributed by atoms with Gasteiger partial charge in [-0.05, 0) is 42.2 Å². The lowest BCUT2D eigenvalue weighted by molar-refractivity contribution is 0.100. The number of benzene rings is 2. The van der Waals surface area contributed by atoms with Gasteiger partial charge in [-0.25, -0.2) is 0 Å². The Hall–Kier alpha value is -2.35. The van der Waals surface area contributed by atoms with Gasteiger partial charge in [0.25, 0.3) is 0 Å². The van der Waals surface area contributed by atoms with Crippen molar-refractivity contribution >= 4 is 5.91 Å². The Balaban J connectivity index is 2.38. The number of hydrogen-bond acceptors (Lipinski definition) is 1. The van der Waals surface area contributed by atoms with Crippen molar-refractivity contribution in [3.8, 4) is 11.1 Å². The second-order valence-corrected chi connectivity index (χ2v) is 4.78. The Morgan fingerprint density at radius 2 is 1.74 bits per heavy atom. The van der Waals surface area contributed by atoms with Crippen LogP contribution in [0.5, 0.6) is 0 Å². The number of primary amides is 1. The van der Waals surface area contributed by atoms with Gasteiger partial charge >= 0.3 is 0 Å². The molecule has 2 aromatic rings. The number of hydrogen-bond donors (Lipinski definition) is 1. The van der Waals surface area contributed by atoms with E-state index in [0.29, 0.717) is 5.56 Å². The topological polar surface area (TPSA) is 43.1 Å². The minimum atomic E-state index is -0.403. The first-order valence-corrected chi connectivity index (χ1v) is 6.20. The first kappa shape index (κ1) is 13.1. The quantitative estimate of drug-likeness (QED) is 0.829. The molecule has 0 unspecified atom stereocenters. The zero-order valence-corrected chi connectivity index (χ0v) is 11.0. The Kier molecular flexibility index (Phi) is 3.81. The molecule has 2 aromatic carbocycles. The van der Waals surface area contributed by atoms with Crippen LogP contribution in [-0.4, -0.2) is 5.91 Å². The highest BCUT2D eigenvalue weighted by Crippen LogP contribution is 2.22. The molecule has 0 heterocycles. The minimum Gasteiger partial charge on any atom is -0.366 e. The summed E-state index contributed by atoms with van der Waals surface area (Å²) in [6, 6.07) is 15.6. The van der Waals surface area contributed by atoms with Gasteiger partial charge in [-0.1, -0.05) is 48.6 Å². The predicted octanol–water partition coefficient (Wildman–Crippen LogP) is 3.57. The van der Waals surface area contributed by atoms with Gasteiger partial charge in [-0.3, -0.25) is 4.79 Å². The summed E-state index contributed by atoms with van der Waals surface area (Å²) in [6.07, 6.45) is 0.864. The SMILES string of the molecule is C=C(C)Cc1cccc(-c2cccc(C(N)=O)c2)c1. The molecule has 0 saturated heterocycles. The van der Waals surface area contributed by atoms with Gasteiger partial charge in [0.15, 0.2) is 0 Å². The maximum Gasteiger partial charge on any atom is 0.248 e. The summed E-state index contributed by atoms with van der Waals surface area (Å²) in [5.74, 6) is -0.403. The summed E-state index contributed by atoms with van der Waals surface area (Å²) in [5, 5.41) is 0. The fraction of sp³-hybridized carbons (Fsp3) is 0.118. The van der Waals surface area contributed by atoms with Crippen molar-refractivity contribution in [2.75, 3.05) is 0 Å². The Labute approximate surface area is 113 Å². The maximum atomic E-state index is 11.2. The second kappa shape index (κ2) is 5.53. The van der Waals surface area contributed by atoms with E-state index in [4.69, 9.17) is 5.73 Å². The second-order valence-electron chi connectivity index (χ2n) is 4.78. The van der Waals surface area contributed by atoms with E-state index in [1.54, 1.807) is 6.07 Å². The van der Waals surface area contributed by atoms with E-state index in [1.807, 2.05) is 37.3 Å². The van der Waals surface area contributed by atoms with Gasteiger partial charge in [-0.2, -0.15) is 0 Å². The lowest BCUT2D eigenvalue weighted by Crippen LogP contribution is -2.10. The van der Waals surface area contributed by atoms with Crippen LogP contribution in [0.3, 0.4) is 0 Å². The molecule has 0 aliphatic rings. The summed E-state index contributed by atoms with van der Waals surface area (Å²) < 4.78 is 0. The summed E-state index contributed by atoms with van der Waals surface area (Å²) in [5.41, 5.74) is 10.3. The van der Waals surface area contributed by atoms with Crippen LogP contribution in [0, 0.1) is 0 Å². The monoisotopic (exact) mass is 251 g/mol. The molecular weight excluding hydrogens is 234 g/mol. The van der Waals surface area contributed by atoms with Gasteiger partial charge in [0.2, 0.25) is 5.91 Å². The van der Waals surface area contributed by atoms with Crippen LogP contribution in [0.25, 0.3) is 11.1 Å². The standard InChI is InChI=1S/C17H17NO/c1-12(2)9-13-5-3-6-14(10-13)15-7-4-8-16(11-15)17(18)19/h3-8,10-11H,1,9H2,2H3,(H2,18,19). The molecule has 0 aliphatic heterocycles. The smallest absolute Gasteiger partial charge is 0.248 e. The minimum absolute atomic E-state index is 0.403. The molecule has 0 fully saturated rings. The molecule has 0 aromatic heterocycles. The molecule has 2 nitrogen and oxygen atoms in total. The van der Waals surface area contributed by atoms with Gasteiger partial charge in [0.05, 0.1) is 0 Å². The fourth-order valence-electron chi connectivity index (χ4n) is 2.06. The number of amides is 1. The highest BCUT2D eigenvalue weighted by molar-refractivity contribution is 5.94. The first-order chi connectivity index (χ1) is 9.06. The molecule has 0 bridgehead atoms. The molecule has 0 aliphatic carbocycles. The lowest BCUT2D eigenvalue weighted by Gasteiger charge is -2.06. The number of carbonyl (C=O) groups is 1. The molecule has 1 amide bonds. The van der Waals surface area contributed by atoms with Crippen LogP contribution in [0.15, 0.2) is 60.7 Å². The van der Waals surface area contributed by atoms with E-state index in [1.165, 1.54) is 5.56 Å². The Morgan fingerprint density at radius 3 is 2.37 bits per heavy atom. The highest BCUT2D eigenvalue weighted by Gasteiger charge is 2.04. The molecule has 0 atom stereocenters. The zero-order chi connectivity index (χ0) is 13.8. The van der Waals surface area contributed by atoms with Crippen molar-refractivity contribution in [1.29, 1.82) is 0 Å². The number of allylic oxidation sites excluding steroid dienone is 1. The van der Waals surface area contributed by atoms with Gasteiger partial charge in [0.1, 0.15) is 0 Å². The van der Waals surface area contributed by atoms with Crippen LogP contribution in [0.4, 0.5) is 0 Å². The first-order valence-electron chi connectivity index (χ1n) is 6.20. The molecule has 2 N–H and O–H groups in total. The summed E-state index contributed by atoms with van der Waals surface area (Å²) in [7, 11) is 0. The summed E-state index contributed by atoms with van der Waals surface area (Å²) in [4.78, 5) is 11.2. The number of nitrogens with two attached hydrogens (primary N) is 1. The summed E-state index contributed by atoms with van der Waals surface area (Å²) >= 11 is 0. The largest absolute Gasteiger partial charge is 0.366 e. The number of rotatable bonds is 4. The lowest BCUT2D eigenvalue weighted by atomic mass is 9.99. The average molecular weight is 251 g/mol. The Morgan fingerprint density at radius 1 is 1.11 bits per heavy atom. The normalized spacial score (nSPS) is 10.2. The van der Waals surface area contributed by atoms with E-state index in [-0.39, 0.29) is 0 Å². The molecule has 19 heavy (non-hydrogen) atoms. The molecule has 2 heteroatoms. The van der Waals surface area contributed by atoms with Gasteiger partial charge in [0, 0.05) is 5.56 Å². The molecule has 0 saturated carbocycles. The van der Waals surface area contributed by atoms with Crippen LogP contribution in [-0.2, 0) is 6.42 Å². The van der Waals surface area contributed by atoms with Crippen LogP contribution < -0.4 is 5.73 Å². The molecule has 0 spiro atoms. The molecular formula is C17H17NO. The van der Waals surface area contributed by atoms with Gasteiger partial charge in [-0.15, -0.1) is 0 Å². The molecule has 96 valence electrons. The molecule has 0 radical (unpaired) electrons. The highest BCUT2D eigenvalue weighted by atomic mass is 16.1. The van der Waals surface area contributed by atoms with E-state index in [0.717, 1.165) is 23.1 Å². The number of carbonyl (C=O) groups excluding carboxylic acids is 1. The van der Waals surface area contributed by atoms with Crippen molar-refractivity contribution in [3.63, 3.8) is 0 Å². The van der Waals surface area contributed by atoms with E-state index in [2.05, 4.69) is 18.7 Å². The third-order valence-electron chi connectivity index (χ3n) is 2.91. The molecule has 2 rings (SSSR count). The third-order valence-corrected chi connectivity index (χ3v) is 2.91. The zero-order valence-electron chi connectivity index (χ0n) is 11.0. The average Bonchev–Trinajstić information content (AvgIpc) is 2.38. The van der Waals surface area contributed by atoms with E-state index >= 15 is 0 Å². The van der Waals surface area contributed by atoms with Gasteiger partial charge < -0.3 is 5.73 Å². The van der Waals surface area contributed by atoms with Crippen molar-refractivity contribution in [3.05, 3.63) is 71.8 Å². The van der Waals surface area contributed by atoms with Crippen LogP contribution in [0.2, 0.25) is 0 Å². The van der Waals surface area contributed by atoms with E-state index in [9.17, 15) is 4.79 Å². The van der Waals surface area contributed by atoms with Crippen LogP contribution >= 0.6 is 0 Å². The van der Waals surface area contributed by atoms with Crippen molar-refractivity contribution in [1.82, 2.24) is 0 Å². The van der Waals surface area contributed by atoms with Crippen molar-refractivity contribution < 1.29 is 4.79 Å². The maximum absolute atomic E-state index is 11.2. The van der Waals surface area contributed by atoms with Crippen molar-refractivity contribution in [2.45, 2.75) is 13.3 Å². The Bertz CT molecular complexity index is 629. The van der Waals surface area contributed by atoms with Crippen molar-refractivity contribution in [2.24, 2.45) is 5.73 Å². The fourth-order valence-corrected chi connectivity index (χ4v) is 2.06.